The Morgan fingerprint density at radius 3 is 2.62 bits per heavy atom. The van der Waals surface area contributed by atoms with E-state index in [0.717, 1.165) is 44.2 Å². The van der Waals surface area contributed by atoms with E-state index in [1.807, 2.05) is 72.2 Å². The van der Waals surface area contributed by atoms with Gasteiger partial charge >= 0.3 is 0 Å². The number of aryl methyl sites for hydroxylation is 2. The Hall–Kier alpha value is -3.03. The standard InChI is InChI=1S/C25H23BrN4OS/c1-3-18-11-7-8-16(2)22(18)27-25(32)29-28-23-20-14-19(26)12-13-21(20)30(24(23)31)15-17-9-5-4-6-10-17/h4-14,31H,3,15H2,1-2H3,(H,27,32). The van der Waals surface area contributed by atoms with Crippen LogP contribution in [0.2, 0.25) is 0 Å². The third-order valence-corrected chi connectivity index (χ3v) is 6.05. The number of halogens is 1. The molecule has 3 aromatic carbocycles. The van der Waals surface area contributed by atoms with Gasteiger partial charge in [0.15, 0.2) is 5.69 Å². The molecule has 7 heteroatoms. The Morgan fingerprint density at radius 1 is 1.09 bits per heavy atom. The summed E-state index contributed by atoms with van der Waals surface area (Å²) >= 11 is 8.95. The second kappa shape index (κ2) is 9.63. The molecule has 0 aliphatic rings. The molecule has 5 nitrogen and oxygen atoms in total. The molecule has 0 aliphatic carbocycles. The number of benzene rings is 3. The van der Waals surface area contributed by atoms with Crippen LogP contribution in [-0.2, 0) is 13.0 Å². The first-order valence-electron chi connectivity index (χ1n) is 10.3. The summed E-state index contributed by atoms with van der Waals surface area (Å²) in [6, 6.07) is 21.9. The number of azo groups is 1. The average molecular weight is 507 g/mol. The van der Waals surface area contributed by atoms with Crippen molar-refractivity contribution < 1.29 is 5.11 Å². The molecule has 0 atom stereocenters. The second-order valence-corrected chi connectivity index (χ2v) is 8.80. The van der Waals surface area contributed by atoms with Crippen LogP contribution >= 0.6 is 28.1 Å². The first-order valence-corrected chi connectivity index (χ1v) is 11.5. The number of nitrogens with one attached hydrogen (secondary N) is 1. The summed E-state index contributed by atoms with van der Waals surface area (Å²) in [6.07, 6.45) is 0.881. The van der Waals surface area contributed by atoms with Crippen LogP contribution in [-0.4, -0.2) is 14.8 Å². The molecule has 0 saturated heterocycles. The van der Waals surface area contributed by atoms with E-state index in [1.54, 1.807) is 0 Å². The van der Waals surface area contributed by atoms with Crippen LogP contribution in [0.25, 0.3) is 10.9 Å². The van der Waals surface area contributed by atoms with E-state index < -0.39 is 0 Å². The predicted octanol–water partition coefficient (Wildman–Crippen LogP) is 7.51. The molecule has 0 spiro atoms. The van der Waals surface area contributed by atoms with Crippen molar-refractivity contribution in [3.63, 3.8) is 0 Å². The molecule has 1 aromatic heterocycles. The Kier molecular flexibility index (Phi) is 6.67. The van der Waals surface area contributed by atoms with E-state index in [-0.39, 0.29) is 11.0 Å². The highest BCUT2D eigenvalue weighted by Gasteiger charge is 2.17. The fourth-order valence-electron chi connectivity index (χ4n) is 3.75. The maximum atomic E-state index is 11.0. The van der Waals surface area contributed by atoms with Crippen LogP contribution in [0.15, 0.2) is 81.4 Å². The Balaban J connectivity index is 1.68. The lowest BCUT2D eigenvalue weighted by Gasteiger charge is -2.12. The first kappa shape index (κ1) is 22.2. The maximum Gasteiger partial charge on any atom is 0.221 e. The van der Waals surface area contributed by atoms with Crippen molar-refractivity contribution in [2.45, 2.75) is 26.8 Å². The molecular formula is C25H23BrN4OS. The van der Waals surface area contributed by atoms with Gasteiger partial charge < -0.3 is 15.0 Å². The number of fused-ring (bicyclic) bond motifs is 1. The number of para-hydroxylation sites is 1. The Bertz CT molecular complexity index is 1310. The van der Waals surface area contributed by atoms with Crippen LogP contribution in [0.5, 0.6) is 5.88 Å². The molecule has 0 saturated carbocycles. The molecule has 4 aromatic rings. The van der Waals surface area contributed by atoms with Gasteiger partial charge in [0, 0.05) is 15.5 Å². The van der Waals surface area contributed by atoms with E-state index in [9.17, 15) is 5.11 Å². The zero-order valence-electron chi connectivity index (χ0n) is 17.8. The van der Waals surface area contributed by atoms with Crippen LogP contribution in [0.3, 0.4) is 0 Å². The molecule has 0 fully saturated rings. The molecule has 1 heterocycles. The molecule has 0 aliphatic heterocycles. The van der Waals surface area contributed by atoms with Gasteiger partial charge in [0.1, 0.15) is 0 Å². The summed E-state index contributed by atoms with van der Waals surface area (Å²) in [6.45, 7) is 4.65. The van der Waals surface area contributed by atoms with E-state index in [4.69, 9.17) is 12.2 Å². The van der Waals surface area contributed by atoms with Crippen molar-refractivity contribution in [1.82, 2.24) is 4.57 Å². The topological polar surface area (TPSA) is 61.9 Å². The van der Waals surface area contributed by atoms with Crippen LogP contribution in [0, 0.1) is 6.92 Å². The lowest BCUT2D eigenvalue weighted by Crippen LogP contribution is -2.08. The van der Waals surface area contributed by atoms with Crippen molar-refractivity contribution in [1.29, 1.82) is 0 Å². The van der Waals surface area contributed by atoms with Gasteiger partial charge in [-0.3, -0.25) is 0 Å². The summed E-state index contributed by atoms with van der Waals surface area (Å²) in [5.74, 6) is 0.0543. The van der Waals surface area contributed by atoms with Crippen molar-refractivity contribution in [2.24, 2.45) is 10.2 Å². The average Bonchev–Trinajstić information content (AvgIpc) is 3.04. The lowest BCUT2D eigenvalue weighted by atomic mass is 10.1. The van der Waals surface area contributed by atoms with Gasteiger partial charge in [-0.15, -0.1) is 10.2 Å². The summed E-state index contributed by atoms with van der Waals surface area (Å²) in [5, 5.41) is 23.8. The maximum absolute atomic E-state index is 11.0. The van der Waals surface area contributed by atoms with Gasteiger partial charge in [-0.05, 0) is 60.5 Å². The number of aromatic nitrogens is 1. The van der Waals surface area contributed by atoms with E-state index in [0.29, 0.717) is 12.2 Å². The highest BCUT2D eigenvalue weighted by Crippen LogP contribution is 2.40. The van der Waals surface area contributed by atoms with Gasteiger partial charge in [0.05, 0.1) is 12.1 Å². The number of aromatic hydroxyl groups is 1. The zero-order chi connectivity index (χ0) is 22.7. The normalized spacial score (nSPS) is 11.3. The van der Waals surface area contributed by atoms with E-state index in [2.05, 4.69) is 44.5 Å². The minimum absolute atomic E-state index is 0.0543. The number of anilines is 1. The zero-order valence-corrected chi connectivity index (χ0v) is 20.2. The van der Waals surface area contributed by atoms with Crippen LogP contribution < -0.4 is 5.32 Å². The molecule has 2 N–H and O–H groups in total. The summed E-state index contributed by atoms with van der Waals surface area (Å²) in [4.78, 5) is 0. The number of thiocarbonyl (C=S) groups is 1. The molecule has 32 heavy (non-hydrogen) atoms. The summed E-state index contributed by atoms with van der Waals surface area (Å²) < 4.78 is 2.73. The highest BCUT2D eigenvalue weighted by atomic mass is 79.9. The number of nitrogens with zero attached hydrogens (tertiary/aromatic N) is 3. The minimum atomic E-state index is 0.0543. The molecular weight excluding hydrogens is 484 g/mol. The predicted molar refractivity (Wildman–Crippen MR) is 138 cm³/mol. The third-order valence-electron chi connectivity index (χ3n) is 5.37. The smallest absolute Gasteiger partial charge is 0.221 e. The Morgan fingerprint density at radius 2 is 1.88 bits per heavy atom. The van der Waals surface area contributed by atoms with Crippen LogP contribution in [0.4, 0.5) is 11.4 Å². The van der Waals surface area contributed by atoms with Crippen molar-refractivity contribution in [3.05, 3.63) is 87.9 Å². The Labute approximate surface area is 200 Å². The summed E-state index contributed by atoms with van der Waals surface area (Å²) in [7, 11) is 0. The van der Waals surface area contributed by atoms with E-state index >= 15 is 0 Å². The van der Waals surface area contributed by atoms with Crippen LogP contribution in [0.1, 0.15) is 23.6 Å². The van der Waals surface area contributed by atoms with Gasteiger partial charge in [-0.1, -0.05) is 71.4 Å². The highest BCUT2D eigenvalue weighted by molar-refractivity contribution is 9.10. The quantitative estimate of drug-likeness (QED) is 0.217. The SMILES string of the molecule is CCc1cccc(C)c1NC(=S)N=Nc1c(O)n(Cc2ccccc2)c2ccc(Br)cc12. The summed E-state index contributed by atoms with van der Waals surface area (Å²) in [5.41, 5.74) is 5.55. The van der Waals surface area contributed by atoms with E-state index in [1.165, 1.54) is 0 Å². The number of hydrogen-bond donors (Lipinski definition) is 2. The molecule has 162 valence electrons. The first-order chi connectivity index (χ1) is 15.5. The van der Waals surface area contributed by atoms with Crippen molar-refractivity contribution >= 4 is 55.5 Å². The van der Waals surface area contributed by atoms with Crippen molar-refractivity contribution in [2.75, 3.05) is 5.32 Å². The molecule has 0 amide bonds. The monoisotopic (exact) mass is 506 g/mol. The number of rotatable bonds is 5. The van der Waals surface area contributed by atoms with Gasteiger partial charge in [-0.2, -0.15) is 0 Å². The molecule has 0 radical (unpaired) electrons. The fourth-order valence-corrected chi connectivity index (χ4v) is 4.25. The second-order valence-electron chi connectivity index (χ2n) is 7.50. The van der Waals surface area contributed by atoms with Gasteiger partial charge in [0.25, 0.3) is 0 Å². The molecule has 0 bridgehead atoms. The third kappa shape index (κ3) is 4.59. The largest absolute Gasteiger partial charge is 0.493 e. The fraction of sp³-hybridized carbons (Fsp3) is 0.160. The number of hydrogen-bond acceptors (Lipinski definition) is 3. The van der Waals surface area contributed by atoms with Crippen molar-refractivity contribution in [3.8, 4) is 5.88 Å². The van der Waals surface area contributed by atoms with Gasteiger partial charge in [0.2, 0.25) is 11.0 Å². The molecule has 4 rings (SSSR count). The van der Waals surface area contributed by atoms with Gasteiger partial charge in [-0.25, -0.2) is 0 Å². The minimum Gasteiger partial charge on any atom is -0.493 e. The molecule has 0 unspecified atom stereocenters. The lowest BCUT2D eigenvalue weighted by molar-refractivity contribution is 0.429.